The van der Waals surface area contributed by atoms with E-state index in [1.54, 1.807) is 0 Å². The van der Waals surface area contributed by atoms with Gasteiger partial charge < -0.3 is 20.8 Å². The van der Waals surface area contributed by atoms with Crippen LogP contribution in [0.2, 0.25) is 0 Å². The first-order valence-electron chi connectivity index (χ1n) is 7.23. The van der Waals surface area contributed by atoms with Gasteiger partial charge >= 0.3 is 18.0 Å². The van der Waals surface area contributed by atoms with E-state index in [4.69, 9.17) is 10.2 Å². The average molecular weight is 299 g/mol. The fourth-order valence-electron chi connectivity index (χ4n) is 3.16. The molecule has 8 nitrogen and oxygen atoms in total. The first kappa shape index (κ1) is 15.6. The van der Waals surface area contributed by atoms with Crippen LogP contribution >= 0.6 is 0 Å². The number of urea groups is 1. The summed E-state index contributed by atoms with van der Waals surface area (Å²) in [5.74, 6) is -2.61. The maximum Gasteiger partial charge on any atom is 0.326 e. The van der Waals surface area contributed by atoms with Crippen LogP contribution in [0.5, 0.6) is 0 Å². The highest BCUT2D eigenvalue weighted by Gasteiger charge is 2.36. The SMILES string of the molecule is O=C(O)C[C@H](NC(=O)NC1CCN2CCCCC12)C(=O)O. The minimum absolute atomic E-state index is 0.00423. The second-order valence-corrected chi connectivity index (χ2v) is 5.60. The molecule has 3 atom stereocenters. The van der Waals surface area contributed by atoms with Crippen LogP contribution in [0.4, 0.5) is 4.79 Å². The van der Waals surface area contributed by atoms with Crippen molar-refractivity contribution in [2.24, 2.45) is 0 Å². The lowest BCUT2D eigenvalue weighted by Gasteiger charge is -2.32. The Kier molecular flexibility index (Phi) is 5.00. The molecule has 2 aliphatic rings. The average Bonchev–Trinajstić information content (AvgIpc) is 2.81. The van der Waals surface area contributed by atoms with Gasteiger partial charge in [0.15, 0.2) is 0 Å². The summed E-state index contributed by atoms with van der Waals surface area (Å²) in [7, 11) is 0. The summed E-state index contributed by atoms with van der Waals surface area (Å²) in [6.45, 7) is 1.98. The van der Waals surface area contributed by atoms with Gasteiger partial charge in [0.2, 0.25) is 0 Å². The number of carbonyl (C=O) groups is 3. The van der Waals surface area contributed by atoms with Gasteiger partial charge in [-0.1, -0.05) is 6.42 Å². The van der Waals surface area contributed by atoms with Crippen molar-refractivity contribution in [3.8, 4) is 0 Å². The molecule has 8 heteroatoms. The number of piperidine rings is 1. The zero-order chi connectivity index (χ0) is 15.4. The van der Waals surface area contributed by atoms with Crippen LogP contribution in [0.1, 0.15) is 32.1 Å². The lowest BCUT2D eigenvalue weighted by molar-refractivity contribution is -0.145. The van der Waals surface area contributed by atoms with Crippen molar-refractivity contribution in [3.63, 3.8) is 0 Å². The van der Waals surface area contributed by atoms with E-state index in [0.29, 0.717) is 6.04 Å². The zero-order valence-electron chi connectivity index (χ0n) is 11.7. The van der Waals surface area contributed by atoms with Crippen LogP contribution < -0.4 is 10.6 Å². The number of carboxylic acids is 2. The third-order valence-electron chi connectivity index (χ3n) is 4.15. The van der Waals surface area contributed by atoms with Crippen molar-refractivity contribution >= 4 is 18.0 Å². The molecule has 0 saturated carbocycles. The van der Waals surface area contributed by atoms with Gasteiger partial charge in [0, 0.05) is 18.6 Å². The van der Waals surface area contributed by atoms with Gasteiger partial charge in [-0.2, -0.15) is 0 Å². The summed E-state index contributed by atoms with van der Waals surface area (Å²) >= 11 is 0. The molecule has 0 aromatic carbocycles. The topological polar surface area (TPSA) is 119 Å². The van der Waals surface area contributed by atoms with Crippen LogP contribution in [0.3, 0.4) is 0 Å². The Hall–Kier alpha value is -1.83. The molecule has 0 aromatic heterocycles. The van der Waals surface area contributed by atoms with E-state index in [9.17, 15) is 14.4 Å². The number of fused-ring (bicyclic) bond motifs is 1. The smallest absolute Gasteiger partial charge is 0.326 e. The largest absolute Gasteiger partial charge is 0.481 e. The fraction of sp³-hybridized carbons (Fsp3) is 0.769. The molecule has 2 heterocycles. The number of nitrogens with one attached hydrogen (secondary N) is 2. The number of aliphatic carboxylic acids is 2. The zero-order valence-corrected chi connectivity index (χ0v) is 11.7. The maximum absolute atomic E-state index is 11.9. The number of nitrogens with zero attached hydrogens (tertiary/aromatic N) is 1. The third kappa shape index (κ3) is 4.07. The highest BCUT2D eigenvalue weighted by Crippen LogP contribution is 2.26. The lowest BCUT2D eigenvalue weighted by Crippen LogP contribution is -2.53. The summed E-state index contributed by atoms with van der Waals surface area (Å²) in [4.78, 5) is 35.7. The van der Waals surface area contributed by atoms with Gasteiger partial charge in [-0.15, -0.1) is 0 Å². The first-order valence-corrected chi connectivity index (χ1v) is 7.23. The van der Waals surface area contributed by atoms with Gasteiger partial charge in [-0.05, 0) is 25.8 Å². The molecule has 0 aromatic rings. The number of rotatable bonds is 5. The number of carbonyl (C=O) groups excluding carboxylic acids is 1. The highest BCUT2D eigenvalue weighted by atomic mass is 16.4. The molecule has 21 heavy (non-hydrogen) atoms. The molecular weight excluding hydrogens is 278 g/mol. The summed E-state index contributed by atoms with van der Waals surface area (Å²) in [6.07, 6.45) is 3.55. The molecule has 4 N–H and O–H groups in total. The second-order valence-electron chi connectivity index (χ2n) is 5.60. The molecule has 2 saturated heterocycles. The van der Waals surface area contributed by atoms with E-state index < -0.39 is 30.4 Å². The van der Waals surface area contributed by atoms with Gasteiger partial charge in [0.1, 0.15) is 6.04 Å². The van der Waals surface area contributed by atoms with Crippen LogP contribution in [-0.2, 0) is 9.59 Å². The lowest BCUT2D eigenvalue weighted by atomic mass is 9.99. The summed E-state index contributed by atoms with van der Waals surface area (Å²) in [5.41, 5.74) is 0. The van der Waals surface area contributed by atoms with Crippen molar-refractivity contribution in [1.82, 2.24) is 15.5 Å². The molecule has 0 aliphatic carbocycles. The number of hydrogen-bond acceptors (Lipinski definition) is 4. The van der Waals surface area contributed by atoms with E-state index in [-0.39, 0.29) is 6.04 Å². The monoisotopic (exact) mass is 299 g/mol. The van der Waals surface area contributed by atoms with Crippen molar-refractivity contribution in [3.05, 3.63) is 0 Å². The van der Waals surface area contributed by atoms with Gasteiger partial charge in [-0.25, -0.2) is 9.59 Å². The van der Waals surface area contributed by atoms with Crippen molar-refractivity contribution in [1.29, 1.82) is 0 Å². The highest BCUT2D eigenvalue weighted by molar-refractivity contribution is 5.86. The van der Waals surface area contributed by atoms with Crippen LogP contribution in [-0.4, -0.2) is 64.3 Å². The third-order valence-corrected chi connectivity index (χ3v) is 4.15. The van der Waals surface area contributed by atoms with Gasteiger partial charge in [0.05, 0.1) is 6.42 Å². The van der Waals surface area contributed by atoms with E-state index in [1.165, 1.54) is 6.42 Å². The number of hydrogen-bond donors (Lipinski definition) is 4. The van der Waals surface area contributed by atoms with E-state index in [2.05, 4.69) is 15.5 Å². The van der Waals surface area contributed by atoms with Gasteiger partial charge in [-0.3, -0.25) is 9.69 Å². The molecule has 2 unspecified atom stereocenters. The molecule has 0 spiro atoms. The standard InChI is InChI=1S/C13H21N3O5/c17-11(18)7-9(12(19)20)15-13(21)14-8-4-6-16-5-2-1-3-10(8)16/h8-10H,1-7H2,(H,17,18)(H,19,20)(H2,14,15,21)/t8?,9-,10?/m0/s1. The molecule has 2 amide bonds. The molecule has 2 fully saturated rings. The minimum atomic E-state index is -1.41. The Balaban J connectivity index is 1.86. The van der Waals surface area contributed by atoms with E-state index in [1.807, 2.05) is 0 Å². The maximum atomic E-state index is 11.9. The van der Waals surface area contributed by atoms with Crippen LogP contribution in [0, 0.1) is 0 Å². The normalized spacial score (nSPS) is 26.7. The van der Waals surface area contributed by atoms with Crippen molar-refractivity contribution in [2.75, 3.05) is 13.1 Å². The Morgan fingerprint density at radius 1 is 1.14 bits per heavy atom. The quantitative estimate of drug-likeness (QED) is 0.560. The second kappa shape index (κ2) is 6.75. The molecule has 2 rings (SSSR count). The summed E-state index contributed by atoms with van der Waals surface area (Å²) in [6, 6.07) is -1.70. The summed E-state index contributed by atoms with van der Waals surface area (Å²) in [5, 5.41) is 22.6. The Labute approximate surface area is 122 Å². The molecule has 118 valence electrons. The van der Waals surface area contributed by atoms with Crippen LogP contribution in [0.25, 0.3) is 0 Å². The number of amides is 2. The van der Waals surface area contributed by atoms with Crippen molar-refractivity contribution in [2.45, 2.75) is 50.2 Å². The number of carboxylic acid groups (broad SMARTS) is 2. The minimum Gasteiger partial charge on any atom is -0.481 e. The van der Waals surface area contributed by atoms with Crippen LogP contribution in [0.15, 0.2) is 0 Å². The predicted molar refractivity (Wildman–Crippen MR) is 73.0 cm³/mol. The van der Waals surface area contributed by atoms with E-state index >= 15 is 0 Å². The summed E-state index contributed by atoms with van der Waals surface area (Å²) < 4.78 is 0. The molecular formula is C13H21N3O5. The van der Waals surface area contributed by atoms with Gasteiger partial charge in [0.25, 0.3) is 0 Å². The Morgan fingerprint density at radius 2 is 1.90 bits per heavy atom. The molecule has 2 aliphatic heterocycles. The van der Waals surface area contributed by atoms with Crippen molar-refractivity contribution < 1.29 is 24.6 Å². The Bertz CT molecular complexity index is 428. The fourth-order valence-corrected chi connectivity index (χ4v) is 3.16. The first-order chi connectivity index (χ1) is 9.97. The predicted octanol–water partition coefficient (Wildman–Crippen LogP) is -0.160. The Morgan fingerprint density at radius 3 is 2.57 bits per heavy atom. The molecule has 0 radical (unpaired) electrons. The van der Waals surface area contributed by atoms with E-state index in [0.717, 1.165) is 32.4 Å². The molecule has 0 bridgehead atoms.